The minimum Gasteiger partial charge on any atom is -0.306 e. The first-order valence-electron chi connectivity index (χ1n) is 3.72. The molecule has 2 nitrogen and oxygen atoms in total. The van der Waals surface area contributed by atoms with Gasteiger partial charge in [0, 0.05) is 12.4 Å². The summed E-state index contributed by atoms with van der Waals surface area (Å²) in [4.78, 5) is 4.26. The Morgan fingerprint density at radius 1 is 1.58 bits per heavy atom. The SMILES string of the molecule is C#Cc1cn2cccc(C)c2n1. The van der Waals surface area contributed by atoms with Crippen LogP contribution in [0.15, 0.2) is 24.5 Å². The van der Waals surface area contributed by atoms with Crippen molar-refractivity contribution in [3.05, 3.63) is 35.8 Å². The molecule has 2 aromatic heterocycles. The highest BCUT2D eigenvalue weighted by atomic mass is 15.0. The lowest BCUT2D eigenvalue weighted by Crippen LogP contribution is -1.83. The summed E-state index contributed by atoms with van der Waals surface area (Å²) in [5, 5.41) is 0. The van der Waals surface area contributed by atoms with Gasteiger partial charge in [0.15, 0.2) is 0 Å². The monoisotopic (exact) mass is 156 g/mol. The van der Waals surface area contributed by atoms with Crippen molar-refractivity contribution in [2.45, 2.75) is 6.92 Å². The molecule has 0 aromatic carbocycles. The average molecular weight is 156 g/mol. The first-order valence-corrected chi connectivity index (χ1v) is 3.72. The van der Waals surface area contributed by atoms with Crippen molar-refractivity contribution in [1.29, 1.82) is 0 Å². The Morgan fingerprint density at radius 3 is 3.08 bits per heavy atom. The van der Waals surface area contributed by atoms with E-state index in [9.17, 15) is 0 Å². The number of aromatic nitrogens is 2. The molecule has 0 fully saturated rings. The fourth-order valence-corrected chi connectivity index (χ4v) is 1.22. The zero-order valence-corrected chi connectivity index (χ0v) is 6.78. The molecule has 0 aliphatic heterocycles. The fraction of sp³-hybridized carbons (Fsp3) is 0.100. The summed E-state index contributed by atoms with van der Waals surface area (Å²) in [6.07, 6.45) is 9.03. The predicted molar refractivity (Wildman–Crippen MR) is 47.9 cm³/mol. The average Bonchev–Trinajstić information content (AvgIpc) is 2.49. The fourth-order valence-electron chi connectivity index (χ4n) is 1.22. The van der Waals surface area contributed by atoms with Crippen molar-refractivity contribution in [3.8, 4) is 12.3 Å². The van der Waals surface area contributed by atoms with Crippen LogP contribution in [0.25, 0.3) is 5.65 Å². The normalized spacial score (nSPS) is 10.0. The molecule has 0 amide bonds. The predicted octanol–water partition coefficient (Wildman–Crippen LogP) is 1.62. The minimum atomic E-state index is 0.685. The van der Waals surface area contributed by atoms with Crippen molar-refractivity contribution in [2.75, 3.05) is 0 Å². The number of hydrogen-bond donors (Lipinski definition) is 0. The van der Waals surface area contributed by atoms with Gasteiger partial charge in [-0.1, -0.05) is 6.07 Å². The smallest absolute Gasteiger partial charge is 0.141 e. The quantitative estimate of drug-likeness (QED) is 0.530. The van der Waals surface area contributed by atoms with Gasteiger partial charge in [0.1, 0.15) is 11.3 Å². The number of rotatable bonds is 0. The lowest BCUT2D eigenvalue weighted by Gasteiger charge is -1.93. The van der Waals surface area contributed by atoms with E-state index in [1.807, 2.05) is 35.9 Å². The maximum Gasteiger partial charge on any atom is 0.141 e. The molecule has 0 aliphatic rings. The molecular weight excluding hydrogens is 148 g/mol. The summed E-state index contributed by atoms with van der Waals surface area (Å²) in [5.74, 6) is 2.51. The first-order chi connectivity index (χ1) is 5.81. The maximum absolute atomic E-state index is 5.24. The number of nitrogens with zero attached hydrogens (tertiary/aromatic N) is 2. The molecule has 2 heteroatoms. The zero-order valence-electron chi connectivity index (χ0n) is 6.78. The van der Waals surface area contributed by atoms with Crippen LogP contribution in [0.2, 0.25) is 0 Å². The number of pyridine rings is 1. The zero-order chi connectivity index (χ0) is 8.55. The van der Waals surface area contributed by atoms with E-state index in [-0.39, 0.29) is 0 Å². The Hall–Kier alpha value is -1.75. The lowest BCUT2D eigenvalue weighted by molar-refractivity contribution is 1.16. The molecule has 0 saturated carbocycles. The second-order valence-electron chi connectivity index (χ2n) is 2.69. The van der Waals surface area contributed by atoms with E-state index in [0.717, 1.165) is 11.2 Å². The summed E-state index contributed by atoms with van der Waals surface area (Å²) in [5.41, 5.74) is 2.76. The van der Waals surface area contributed by atoms with Gasteiger partial charge in [-0.15, -0.1) is 6.42 Å². The van der Waals surface area contributed by atoms with E-state index in [1.165, 1.54) is 0 Å². The van der Waals surface area contributed by atoms with Gasteiger partial charge in [0.05, 0.1) is 0 Å². The van der Waals surface area contributed by atoms with E-state index in [1.54, 1.807) is 0 Å². The van der Waals surface area contributed by atoms with Crippen LogP contribution in [0, 0.1) is 19.3 Å². The molecule has 0 unspecified atom stereocenters. The molecule has 0 spiro atoms. The van der Waals surface area contributed by atoms with Crippen molar-refractivity contribution in [1.82, 2.24) is 9.38 Å². The van der Waals surface area contributed by atoms with E-state index in [2.05, 4.69) is 10.9 Å². The van der Waals surface area contributed by atoms with Gasteiger partial charge in [0.2, 0.25) is 0 Å². The lowest BCUT2D eigenvalue weighted by atomic mass is 10.3. The van der Waals surface area contributed by atoms with Gasteiger partial charge < -0.3 is 4.40 Å². The van der Waals surface area contributed by atoms with Gasteiger partial charge in [-0.2, -0.15) is 0 Å². The molecule has 0 bridgehead atoms. The molecule has 0 saturated heterocycles. The van der Waals surface area contributed by atoms with Crippen molar-refractivity contribution < 1.29 is 0 Å². The third kappa shape index (κ3) is 0.876. The van der Waals surface area contributed by atoms with E-state index in [4.69, 9.17) is 6.42 Å². The maximum atomic E-state index is 5.24. The summed E-state index contributed by atoms with van der Waals surface area (Å²) in [7, 11) is 0. The number of hydrogen-bond acceptors (Lipinski definition) is 1. The van der Waals surface area contributed by atoms with Crippen LogP contribution in [0.5, 0.6) is 0 Å². The number of fused-ring (bicyclic) bond motifs is 1. The van der Waals surface area contributed by atoms with Gasteiger partial charge in [-0.3, -0.25) is 0 Å². The van der Waals surface area contributed by atoms with Crippen LogP contribution < -0.4 is 0 Å². The van der Waals surface area contributed by atoms with Crippen LogP contribution in [-0.4, -0.2) is 9.38 Å². The van der Waals surface area contributed by atoms with Gasteiger partial charge in [-0.05, 0) is 24.5 Å². The van der Waals surface area contributed by atoms with Crippen LogP contribution in [0.4, 0.5) is 0 Å². The highest BCUT2D eigenvalue weighted by molar-refractivity contribution is 5.49. The number of aryl methyl sites for hydroxylation is 1. The third-order valence-corrected chi connectivity index (χ3v) is 1.83. The van der Waals surface area contributed by atoms with Gasteiger partial charge in [-0.25, -0.2) is 4.98 Å². The topological polar surface area (TPSA) is 17.3 Å². The number of terminal acetylenes is 1. The second-order valence-corrected chi connectivity index (χ2v) is 2.69. The van der Waals surface area contributed by atoms with Crippen molar-refractivity contribution in [3.63, 3.8) is 0 Å². The molecule has 2 rings (SSSR count). The molecule has 0 radical (unpaired) electrons. The highest BCUT2D eigenvalue weighted by Crippen LogP contribution is 2.08. The molecule has 58 valence electrons. The summed E-state index contributed by atoms with van der Waals surface area (Å²) in [6, 6.07) is 3.99. The van der Waals surface area contributed by atoms with Crippen LogP contribution in [0.1, 0.15) is 11.3 Å². The second kappa shape index (κ2) is 2.38. The standard InChI is InChI=1S/C10H8N2/c1-3-9-7-12-6-4-5-8(2)10(12)11-9/h1,4-7H,2H3. The van der Waals surface area contributed by atoms with E-state index >= 15 is 0 Å². The van der Waals surface area contributed by atoms with Gasteiger partial charge >= 0.3 is 0 Å². The van der Waals surface area contributed by atoms with Crippen LogP contribution >= 0.6 is 0 Å². The third-order valence-electron chi connectivity index (χ3n) is 1.83. The molecule has 2 aromatic rings. The van der Waals surface area contributed by atoms with Crippen LogP contribution in [-0.2, 0) is 0 Å². The Morgan fingerprint density at radius 2 is 2.42 bits per heavy atom. The number of imidazole rings is 1. The highest BCUT2D eigenvalue weighted by Gasteiger charge is 1.99. The Bertz CT molecular complexity index is 460. The van der Waals surface area contributed by atoms with Gasteiger partial charge in [0.25, 0.3) is 0 Å². The molecule has 0 N–H and O–H groups in total. The summed E-state index contributed by atoms with van der Waals surface area (Å²) >= 11 is 0. The molecular formula is C10H8N2. The van der Waals surface area contributed by atoms with Crippen molar-refractivity contribution in [2.24, 2.45) is 0 Å². The minimum absolute atomic E-state index is 0.685. The molecule has 2 heterocycles. The van der Waals surface area contributed by atoms with Crippen LogP contribution in [0.3, 0.4) is 0 Å². The van der Waals surface area contributed by atoms with Crippen molar-refractivity contribution >= 4 is 5.65 Å². The summed E-state index contributed by atoms with van der Waals surface area (Å²) in [6.45, 7) is 2.02. The Balaban J connectivity index is 2.85. The molecule has 0 aliphatic carbocycles. The van der Waals surface area contributed by atoms with E-state index in [0.29, 0.717) is 5.69 Å². The molecule has 0 atom stereocenters. The van der Waals surface area contributed by atoms with E-state index < -0.39 is 0 Å². The molecule has 12 heavy (non-hydrogen) atoms. The summed E-state index contributed by atoms with van der Waals surface area (Å²) < 4.78 is 1.94. The Labute approximate surface area is 70.9 Å². The first kappa shape index (κ1) is 6.93. The Kier molecular flexibility index (Phi) is 1.38. The largest absolute Gasteiger partial charge is 0.306 e.